The van der Waals surface area contributed by atoms with Crippen LogP contribution in [0.3, 0.4) is 0 Å². The van der Waals surface area contributed by atoms with Crippen molar-refractivity contribution in [2.45, 2.75) is 58.8 Å². The van der Waals surface area contributed by atoms with Crippen molar-refractivity contribution < 1.29 is 9.84 Å². The first kappa shape index (κ1) is 11.0. The van der Waals surface area contributed by atoms with Crippen molar-refractivity contribution in [1.29, 1.82) is 0 Å². The van der Waals surface area contributed by atoms with Gasteiger partial charge in [-0.2, -0.15) is 0 Å². The molecule has 78 valence electrons. The summed E-state index contributed by atoms with van der Waals surface area (Å²) in [6, 6.07) is 0. The van der Waals surface area contributed by atoms with Crippen LogP contribution < -0.4 is 0 Å². The highest BCUT2D eigenvalue weighted by Gasteiger charge is 2.52. The fourth-order valence-electron chi connectivity index (χ4n) is 2.10. The highest BCUT2D eigenvalue weighted by Crippen LogP contribution is 2.41. The average molecular weight is 186 g/mol. The Labute approximate surface area is 81.3 Å². The molecule has 2 heteroatoms. The Kier molecular flexibility index (Phi) is 3.03. The third-order valence-corrected chi connectivity index (χ3v) is 2.97. The van der Waals surface area contributed by atoms with E-state index in [-0.39, 0.29) is 12.2 Å². The maximum Gasteiger partial charge on any atom is 0.112 e. The molecule has 3 unspecified atom stereocenters. The lowest BCUT2D eigenvalue weighted by Gasteiger charge is -2.19. The highest BCUT2D eigenvalue weighted by atomic mass is 16.6. The van der Waals surface area contributed by atoms with E-state index in [2.05, 4.69) is 20.8 Å². The van der Waals surface area contributed by atoms with Crippen LogP contribution in [-0.4, -0.2) is 22.9 Å². The summed E-state index contributed by atoms with van der Waals surface area (Å²) in [5, 5.41) is 9.73. The van der Waals surface area contributed by atoms with Crippen LogP contribution in [0, 0.1) is 11.8 Å². The molecular formula is C11H22O2. The summed E-state index contributed by atoms with van der Waals surface area (Å²) >= 11 is 0. The minimum atomic E-state index is -0.674. The average Bonchev–Trinajstić information content (AvgIpc) is 2.66. The summed E-state index contributed by atoms with van der Waals surface area (Å²) in [5.41, 5.74) is -0.674. The topological polar surface area (TPSA) is 32.8 Å². The Bertz CT molecular complexity index is 169. The monoisotopic (exact) mass is 186 g/mol. The summed E-state index contributed by atoms with van der Waals surface area (Å²) < 4.78 is 5.55. The van der Waals surface area contributed by atoms with Gasteiger partial charge in [0.05, 0.1) is 11.7 Å². The van der Waals surface area contributed by atoms with Gasteiger partial charge in [0.15, 0.2) is 0 Å². The Morgan fingerprint density at radius 2 is 1.92 bits per heavy atom. The lowest BCUT2D eigenvalue weighted by atomic mass is 9.86. The van der Waals surface area contributed by atoms with Crippen molar-refractivity contribution in [1.82, 2.24) is 0 Å². The van der Waals surface area contributed by atoms with Gasteiger partial charge in [-0.1, -0.05) is 27.2 Å². The zero-order valence-electron chi connectivity index (χ0n) is 9.37. The minimum absolute atomic E-state index is 0.0554. The fraction of sp³-hybridized carbons (Fsp3) is 1.00. The van der Waals surface area contributed by atoms with Crippen LogP contribution in [0.4, 0.5) is 0 Å². The molecule has 1 heterocycles. The molecule has 0 aromatic heterocycles. The van der Waals surface area contributed by atoms with Gasteiger partial charge in [-0.15, -0.1) is 0 Å². The van der Waals surface area contributed by atoms with Crippen molar-refractivity contribution in [3.8, 4) is 0 Å². The minimum Gasteiger partial charge on any atom is -0.388 e. The second kappa shape index (κ2) is 3.58. The van der Waals surface area contributed by atoms with Crippen molar-refractivity contribution in [3.05, 3.63) is 0 Å². The number of rotatable bonds is 4. The van der Waals surface area contributed by atoms with Gasteiger partial charge >= 0.3 is 0 Å². The Morgan fingerprint density at radius 3 is 2.15 bits per heavy atom. The largest absolute Gasteiger partial charge is 0.388 e. The first-order chi connectivity index (χ1) is 5.88. The van der Waals surface area contributed by atoms with Crippen LogP contribution >= 0.6 is 0 Å². The van der Waals surface area contributed by atoms with Crippen LogP contribution in [0.2, 0.25) is 0 Å². The maximum absolute atomic E-state index is 9.73. The van der Waals surface area contributed by atoms with Crippen LogP contribution in [-0.2, 0) is 4.74 Å². The van der Waals surface area contributed by atoms with E-state index in [1.807, 2.05) is 13.8 Å². The predicted octanol–water partition coefficient (Wildman–Crippen LogP) is 2.21. The smallest absolute Gasteiger partial charge is 0.112 e. The van der Waals surface area contributed by atoms with E-state index in [9.17, 15) is 5.11 Å². The van der Waals surface area contributed by atoms with Gasteiger partial charge in [-0.05, 0) is 25.7 Å². The summed E-state index contributed by atoms with van der Waals surface area (Å²) in [6.07, 6.45) is 1.47. The number of epoxide rings is 1. The molecule has 1 N–H and O–H groups in total. The van der Waals surface area contributed by atoms with E-state index in [0.29, 0.717) is 11.8 Å². The van der Waals surface area contributed by atoms with Crippen LogP contribution in [0.15, 0.2) is 0 Å². The molecule has 0 aromatic carbocycles. The first-order valence-corrected chi connectivity index (χ1v) is 5.25. The van der Waals surface area contributed by atoms with Gasteiger partial charge in [0.1, 0.15) is 6.10 Å². The Morgan fingerprint density at radius 1 is 1.38 bits per heavy atom. The third kappa shape index (κ3) is 2.44. The van der Waals surface area contributed by atoms with Crippen molar-refractivity contribution in [2.75, 3.05) is 0 Å². The molecular weight excluding hydrogens is 164 g/mol. The molecule has 1 fully saturated rings. The van der Waals surface area contributed by atoms with Gasteiger partial charge in [-0.25, -0.2) is 0 Å². The fourth-order valence-corrected chi connectivity index (χ4v) is 2.10. The molecule has 0 spiro atoms. The van der Waals surface area contributed by atoms with Gasteiger partial charge in [0, 0.05) is 0 Å². The molecule has 0 aliphatic carbocycles. The summed E-state index contributed by atoms with van der Waals surface area (Å²) in [6.45, 7) is 10.3. The second-order valence-electron chi connectivity index (χ2n) is 4.99. The SMILES string of the molecule is CCC(C(C)C)C1OC1C(C)(C)O. The number of hydrogen-bond donors (Lipinski definition) is 1. The molecule has 3 atom stereocenters. The Balaban J connectivity index is 2.49. The number of aliphatic hydroxyl groups is 1. The first-order valence-electron chi connectivity index (χ1n) is 5.25. The zero-order chi connectivity index (χ0) is 10.2. The maximum atomic E-state index is 9.73. The lowest BCUT2D eigenvalue weighted by molar-refractivity contribution is 0.0482. The second-order valence-corrected chi connectivity index (χ2v) is 4.99. The van der Waals surface area contributed by atoms with Crippen LogP contribution in [0.1, 0.15) is 41.0 Å². The van der Waals surface area contributed by atoms with E-state index >= 15 is 0 Å². The van der Waals surface area contributed by atoms with Crippen LogP contribution in [0.5, 0.6) is 0 Å². The lowest BCUT2D eigenvalue weighted by Crippen LogP contribution is -2.31. The Hall–Kier alpha value is -0.0800. The van der Waals surface area contributed by atoms with E-state index in [4.69, 9.17) is 4.74 Å². The quantitative estimate of drug-likeness (QED) is 0.683. The van der Waals surface area contributed by atoms with E-state index in [0.717, 1.165) is 6.42 Å². The predicted molar refractivity (Wildman–Crippen MR) is 53.6 cm³/mol. The standard InChI is InChI=1S/C11H22O2/c1-6-8(7(2)3)9-10(13-9)11(4,5)12/h7-10,12H,6H2,1-5H3. The molecule has 0 saturated carbocycles. The van der Waals surface area contributed by atoms with Crippen molar-refractivity contribution in [3.63, 3.8) is 0 Å². The van der Waals surface area contributed by atoms with Gasteiger partial charge in [-0.3, -0.25) is 0 Å². The molecule has 0 amide bonds. The van der Waals surface area contributed by atoms with Crippen LogP contribution in [0.25, 0.3) is 0 Å². The molecule has 0 radical (unpaired) electrons. The molecule has 1 saturated heterocycles. The van der Waals surface area contributed by atoms with Gasteiger partial charge in [0.2, 0.25) is 0 Å². The molecule has 2 nitrogen and oxygen atoms in total. The van der Waals surface area contributed by atoms with Gasteiger partial charge < -0.3 is 9.84 Å². The molecule has 0 aromatic rings. The van der Waals surface area contributed by atoms with E-state index in [1.165, 1.54) is 0 Å². The number of hydrogen-bond acceptors (Lipinski definition) is 2. The third-order valence-electron chi connectivity index (χ3n) is 2.97. The molecule has 1 aliphatic rings. The van der Waals surface area contributed by atoms with Crippen molar-refractivity contribution in [2.24, 2.45) is 11.8 Å². The van der Waals surface area contributed by atoms with E-state index < -0.39 is 5.60 Å². The molecule has 13 heavy (non-hydrogen) atoms. The number of ether oxygens (including phenoxy) is 1. The molecule has 1 aliphatic heterocycles. The summed E-state index contributed by atoms with van der Waals surface area (Å²) in [5.74, 6) is 1.23. The summed E-state index contributed by atoms with van der Waals surface area (Å²) in [4.78, 5) is 0. The summed E-state index contributed by atoms with van der Waals surface area (Å²) in [7, 11) is 0. The normalized spacial score (nSPS) is 30.7. The van der Waals surface area contributed by atoms with Gasteiger partial charge in [0.25, 0.3) is 0 Å². The van der Waals surface area contributed by atoms with Crippen molar-refractivity contribution >= 4 is 0 Å². The zero-order valence-corrected chi connectivity index (χ0v) is 9.37. The molecule has 1 rings (SSSR count). The highest BCUT2D eigenvalue weighted by molar-refractivity contribution is 5.00. The molecule has 0 bridgehead atoms. The van der Waals surface area contributed by atoms with E-state index in [1.54, 1.807) is 0 Å².